The number of nitrogens with one attached hydrogen (secondary N) is 2. The second-order valence-electron chi connectivity index (χ2n) is 4.59. The molecule has 1 saturated heterocycles. The van der Waals surface area contributed by atoms with E-state index in [1.54, 1.807) is 6.92 Å². The van der Waals surface area contributed by atoms with E-state index >= 15 is 0 Å². The Morgan fingerprint density at radius 1 is 1.47 bits per heavy atom. The van der Waals surface area contributed by atoms with Crippen molar-refractivity contribution in [2.75, 3.05) is 13.2 Å². The summed E-state index contributed by atoms with van der Waals surface area (Å²) in [5.74, 6) is -1.43. The van der Waals surface area contributed by atoms with E-state index in [0.29, 0.717) is 6.42 Å². The van der Waals surface area contributed by atoms with Crippen LogP contribution in [-0.2, 0) is 9.59 Å². The molecule has 0 bridgehead atoms. The Balaban J connectivity index is 2.59. The number of carboxylic acid groups (broad SMARTS) is 1. The summed E-state index contributed by atoms with van der Waals surface area (Å²) >= 11 is 0. The van der Waals surface area contributed by atoms with Gasteiger partial charge in [0.15, 0.2) is 0 Å². The third kappa shape index (κ3) is 3.67. The fourth-order valence-corrected chi connectivity index (χ4v) is 1.95. The standard InChI is InChI=1S/C11H20N2O4/c1-11(5-2-3-6-12-11)10(17)13-8(4-7-14)9(15)16/h8,12,14H,2-7H2,1H3,(H,13,17)(H,15,16)/t8-,11?/m1/s1. The van der Waals surface area contributed by atoms with Crippen molar-refractivity contribution in [2.45, 2.75) is 44.2 Å². The van der Waals surface area contributed by atoms with Gasteiger partial charge in [0.1, 0.15) is 6.04 Å². The first-order chi connectivity index (χ1) is 7.99. The van der Waals surface area contributed by atoms with Crippen LogP contribution in [0.15, 0.2) is 0 Å². The number of aliphatic hydroxyl groups excluding tert-OH is 1. The summed E-state index contributed by atoms with van der Waals surface area (Å²) in [5, 5.41) is 23.2. The van der Waals surface area contributed by atoms with Crippen LogP contribution in [0.2, 0.25) is 0 Å². The van der Waals surface area contributed by atoms with E-state index in [4.69, 9.17) is 10.2 Å². The third-order valence-electron chi connectivity index (χ3n) is 3.14. The molecule has 98 valence electrons. The van der Waals surface area contributed by atoms with Crippen LogP contribution in [0.5, 0.6) is 0 Å². The highest BCUT2D eigenvalue weighted by molar-refractivity contribution is 5.89. The van der Waals surface area contributed by atoms with Crippen molar-refractivity contribution in [3.8, 4) is 0 Å². The Kier molecular flexibility index (Phi) is 4.89. The lowest BCUT2D eigenvalue weighted by molar-refractivity contribution is -0.143. The van der Waals surface area contributed by atoms with Gasteiger partial charge in [-0.1, -0.05) is 0 Å². The van der Waals surface area contributed by atoms with Crippen LogP contribution in [0.4, 0.5) is 0 Å². The monoisotopic (exact) mass is 244 g/mol. The maximum Gasteiger partial charge on any atom is 0.326 e. The topological polar surface area (TPSA) is 98.7 Å². The number of piperidine rings is 1. The SMILES string of the molecule is CC1(C(=O)N[C@H](CCO)C(=O)O)CCCCN1. The van der Waals surface area contributed by atoms with Gasteiger partial charge < -0.3 is 20.8 Å². The first-order valence-electron chi connectivity index (χ1n) is 5.89. The first kappa shape index (κ1) is 13.9. The first-order valence-corrected chi connectivity index (χ1v) is 5.89. The summed E-state index contributed by atoms with van der Waals surface area (Å²) in [6, 6.07) is -1.02. The summed E-state index contributed by atoms with van der Waals surface area (Å²) < 4.78 is 0. The number of aliphatic hydroxyl groups is 1. The van der Waals surface area contributed by atoms with Crippen molar-refractivity contribution in [1.82, 2.24) is 10.6 Å². The Bertz CT molecular complexity index is 287. The molecule has 1 aliphatic heterocycles. The number of carboxylic acids is 1. The van der Waals surface area contributed by atoms with Gasteiger partial charge in [-0.15, -0.1) is 0 Å². The maximum atomic E-state index is 12.0. The predicted molar refractivity (Wildman–Crippen MR) is 61.5 cm³/mol. The van der Waals surface area contributed by atoms with Crippen LogP contribution in [-0.4, -0.2) is 46.8 Å². The Morgan fingerprint density at radius 2 is 2.18 bits per heavy atom. The second kappa shape index (κ2) is 5.97. The van der Waals surface area contributed by atoms with Crippen LogP contribution < -0.4 is 10.6 Å². The molecule has 6 heteroatoms. The summed E-state index contributed by atoms with van der Waals surface area (Å²) in [6.07, 6.45) is 2.71. The summed E-state index contributed by atoms with van der Waals surface area (Å²) in [4.78, 5) is 22.9. The summed E-state index contributed by atoms with van der Waals surface area (Å²) in [6.45, 7) is 2.28. The van der Waals surface area contributed by atoms with E-state index in [0.717, 1.165) is 19.4 Å². The van der Waals surface area contributed by atoms with E-state index in [2.05, 4.69) is 10.6 Å². The molecule has 4 N–H and O–H groups in total. The van der Waals surface area contributed by atoms with Crippen molar-refractivity contribution in [3.05, 3.63) is 0 Å². The number of carbonyl (C=O) groups excluding carboxylic acids is 1. The van der Waals surface area contributed by atoms with Gasteiger partial charge in [-0.25, -0.2) is 4.79 Å². The molecule has 1 aliphatic rings. The molecule has 0 radical (unpaired) electrons. The van der Waals surface area contributed by atoms with Crippen molar-refractivity contribution in [2.24, 2.45) is 0 Å². The maximum absolute atomic E-state index is 12.0. The molecule has 2 atom stereocenters. The summed E-state index contributed by atoms with van der Waals surface area (Å²) in [5.41, 5.74) is -0.693. The van der Waals surface area contributed by atoms with Gasteiger partial charge in [0.2, 0.25) is 5.91 Å². The molecule has 1 fully saturated rings. The van der Waals surface area contributed by atoms with E-state index < -0.39 is 17.6 Å². The highest BCUT2D eigenvalue weighted by atomic mass is 16.4. The molecule has 17 heavy (non-hydrogen) atoms. The Labute approximate surface area is 100 Å². The Hall–Kier alpha value is -1.14. The van der Waals surface area contributed by atoms with E-state index in [1.807, 2.05) is 0 Å². The molecular weight excluding hydrogens is 224 g/mol. The molecule has 0 spiro atoms. The molecule has 1 heterocycles. The molecular formula is C11H20N2O4. The molecule has 1 rings (SSSR count). The van der Waals surface area contributed by atoms with Gasteiger partial charge in [0, 0.05) is 13.0 Å². The lowest BCUT2D eigenvalue weighted by atomic mass is 9.89. The third-order valence-corrected chi connectivity index (χ3v) is 3.14. The molecule has 0 aliphatic carbocycles. The molecule has 6 nitrogen and oxygen atoms in total. The average molecular weight is 244 g/mol. The number of carbonyl (C=O) groups is 2. The predicted octanol–water partition coefficient (Wildman–Crippen LogP) is -0.530. The van der Waals surface area contributed by atoms with Gasteiger partial charge in [-0.2, -0.15) is 0 Å². The van der Waals surface area contributed by atoms with Gasteiger partial charge in [0.25, 0.3) is 0 Å². The van der Waals surface area contributed by atoms with Crippen LogP contribution in [0.25, 0.3) is 0 Å². The van der Waals surface area contributed by atoms with Crippen LogP contribution in [0.3, 0.4) is 0 Å². The molecule has 0 aromatic rings. The van der Waals surface area contributed by atoms with Gasteiger partial charge >= 0.3 is 5.97 Å². The second-order valence-corrected chi connectivity index (χ2v) is 4.59. The van der Waals surface area contributed by atoms with Crippen LogP contribution in [0, 0.1) is 0 Å². The van der Waals surface area contributed by atoms with E-state index in [-0.39, 0.29) is 18.9 Å². The van der Waals surface area contributed by atoms with Gasteiger partial charge in [-0.05, 0) is 32.7 Å². The molecule has 1 amide bonds. The smallest absolute Gasteiger partial charge is 0.326 e. The van der Waals surface area contributed by atoms with Crippen LogP contribution >= 0.6 is 0 Å². The van der Waals surface area contributed by atoms with Gasteiger partial charge in [-0.3, -0.25) is 4.79 Å². The van der Waals surface area contributed by atoms with Crippen molar-refractivity contribution >= 4 is 11.9 Å². The zero-order valence-electron chi connectivity index (χ0n) is 10.0. The molecule has 1 unspecified atom stereocenters. The normalized spacial score (nSPS) is 26.2. The van der Waals surface area contributed by atoms with E-state index in [9.17, 15) is 9.59 Å². The number of aliphatic carboxylic acids is 1. The minimum Gasteiger partial charge on any atom is -0.480 e. The fourth-order valence-electron chi connectivity index (χ4n) is 1.95. The van der Waals surface area contributed by atoms with E-state index in [1.165, 1.54) is 0 Å². The average Bonchev–Trinajstić information content (AvgIpc) is 2.29. The lowest BCUT2D eigenvalue weighted by Crippen LogP contribution is -2.59. The fraction of sp³-hybridized carbons (Fsp3) is 0.818. The number of rotatable bonds is 5. The number of amides is 1. The minimum absolute atomic E-state index is 0.0250. The highest BCUT2D eigenvalue weighted by Crippen LogP contribution is 2.19. The number of hydrogen-bond acceptors (Lipinski definition) is 4. The Morgan fingerprint density at radius 3 is 2.65 bits per heavy atom. The van der Waals surface area contributed by atoms with Crippen LogP contribution in [0.1, 0.15) is 32.6 Å². The zero-order valence-corrected chi connectivity index (χ0v) is 10.0. The zero-order chi connectivity index (χ0) is 12.9. The summed E-state index contributed by atoms with van der Waals surface area (Å²) in [7, 11) is 0. The van der Waals surface area contributed by atoms with Crippen molar-refractivity contribution in [3.63, 3.8) is 0 Å². The lowest BCUT2D eigenvalue weighted by Gasteiger charge is -2.34. The van der Waals surface area contributed by atoms with Crippen molar-refractivity contribution in [1.29, 1.82) is 0 Å². The largest absolute Gasteiger partial charge is 0.480 e. The molecule has 0 saturated carbocycles. The minimum atomic E-state index is -1.12. The highest BCUT2D eigenvalue weighted by Gasteiger charge is 2.36. The quantitative estimate of drug-likeness (QED) is 0.521. The molecule has 0 aromatic heterocycles. The van der Waals surface area contributed by atoms with Crippen molar-refractivity contribution < 1.29 is 19.8 Å². The molecule has 0 aromatic carbocycles. The van der Waals surface area contributed by atoms with Gasteiger partial charge in [0.05, 0.1) is 5.54 Å². The number of hydrogen-bond donors (Lipinski definition) is 4.